The van der Waals surface area contributed by atoms with Gasteiger partial charge in [0, 0.05) is 18.2 Å². The molecule has 0 aliphatic rings. The zero-order valence-corrected chi connectivity index (χ0v) is 17.7. The summed E-state index contributed by atoms with van der Waals surface area (Å²) in [6.45, 7) is 4.43. The number of carbonyl (C=O) groups is 1. The smallest absolute Gasteiger partial charge is 0.252 e. The Morgan fingerprint density at radius 3 is 2.42 bits per heavy atom. The molecule has 2 heterocycles. The summed E-state index contributed by atoms with van der Waals surface area (Å²) in [7, 11) is 0. The summed E-state index contributed by atoms with van der Waals surface area (Å²) in [5.74, 6) is -0.201. The van der Waals surface area contributed by atoms with Crippen molar-refractivity contribution >= 4 is 16.9 Å². The van der Waals surface area contributed by atoms with E-state index in [1.165, 1.54) is 0 Å². The maximum absolute atomic E-state index is 13.1. The molecule has 0 bridgehead atoms. The van der Waals surface area contributed by atoms with E-state index in [1.807, 2.05) is 85.3 Å². The summed E-state index contributed by atoms with van der Waals surface area (Å²) in [6.07, 6.45) is 1.51. The molecule has 0 fully saturated rings. The fourth-order valence-electron chi connectivity index (χ4n) is 3.60. The van der Waals surface area contributed by atoms with Crippen molar-refractivity contribution < 1.29 is 9.90 Å². The molecule has 0 saturated heterocycles. The number of amides is 1. The lowest BCUT2D eigenvalue weighted by Crippen LogP contribution is -2.26. The van der Waals surface area contributed by atoms with Crippen molar-refractivity contribution in [1.82, 2.24) is 20.1 Å². The molecule has 2 N–H and O–H groups in total. The topological polar surface area (TPSA) is 80.0 Å². The number of fused-ring (bicyclic) bond motifs is 1. The Hall–Kier alpha value is -3.51. The third-order valence-electron chi connectivity index (χ3n) is 5.26. The molecule has 0 aliphatic carbocycles. The predicted molar refractivity (Wildman–Crippen MR) is 122 cm³/mol. The van der Waals surface area contributed by atoms with Crippen LogP contribution in [0.3, 0.4) is 0 Å². The van der Waals surface area contributed by atoms with E-state index in [4.69, 9.17) is 4.98 Å². The second-order valence-electron chi connectivity index (χ2n) is 7.81. The van der Waals surface area contributed by atoms with Crippen LogP contribution in [0.2, 0.25) is 0 Å². The maximum Gasteiger partial charge on any atom is 0.252 e. The number of rotatable bonds is 7. The fourth-order valence-corrected chi connectivity index (χ4v) is 3.60. The van der Waals surface area contributed by atoms with E-state index < -0.39 is 6.10 Å². The van der Waals surface area contributed by atoms with Gasteiger partial charge in [-0.2, -0.15) is 5.10 Å². The SMILES string of the molecule is CC(C)n1ncc2c(C(=O)NCC[C@H](O)c3ccccc3)cc(-c3ccccc3)nc21. The second-order valence-corrected chi connectivity index (χ2v) is 7.81. The van der Waals surface area contributed by atoms with Gasteiger partial charge in [0.15, 0.2) is 5.65 Å². The van der Waals surface area contributed by atoms with Crippen molar-refractivity contribution in [2.75, 3.05) is 6.54 Å². The van der Waals surface area contributed by atoms with Crippen LogP contribution in [-0.2, 0) is 0 Å². The van der Waals surface area contributed by atoms with Crippen LogP contribution in [0.15, 0.2) is 72.9 Å². The molecule has 31 heavy (non-hydrogen) atoms. The molecule has 6 nitrogen and oxygen atoms in total. The normalized spacial score (nSPS) is 12.3. The number of aliphatic hydroxyl groups is 1. The van der Waals surface area contributed by atoms with E-state index in [0.29, 0.717) is 24.2 Å². The quantitative estimate of drug-likeness (QED) is 0.466. The number of nitrogens with zero attached hydrogens (tertiary/aromatic N) is 3. The number of benzene rings is 2. The average molecular weight is 415 g/mol. The molecule has 4 rings (SSSR count). The first-order chi connectivity index (χ1) is 15.0. The standard InChI is InChI=1S/C25H26N4O2/c1-17(2)29-24-21(16-27-29)20(15-22(28-24)18-9-5-3-6-10-18)25(31)26-14-13-23(30)19-11-7-4-8-12-19/h3-12,15-17,23,30H,13-14H2,1-2H3,(H,26,31)/t23-/m0/s1. The molecule has 0 unspecified atom stereocenters. The Morgan fingerprint density at radius 1 is 1.06 bits per heavy atom. The summed E-state index contributed by atoms with van der Waals surface area (Å²) in [6, 6.07) is 21.2. The van der Waals surface area contributed by atoms with Gasteiger partial charge in [0.25, 0.3) is 5.91 Å². The summed E-state index contributed by atoms with van der Waals surface area (Å²) in [5, 5.41) is 18.5. The molecule has 1 atom stereocenters. The van der Waals surface area contributed by atoms with Crippen molar-refractivity contribution in [2.24, 2.45) is 0 Å². The molecule has 0 aliphatic heterocycles. The molecule has 6 heteroatoms. The second kappa shape index (κ2) is 9.10. The minimum Gasteiger partial charge on any atom is -0.388 e. The van der Waals surface area contributed by atoms with Gasteiger partial charge >= 0.3 is 0 Å². The van der Waals surface area contributed by atoms with Gasteiger partial charge in [0.1, 0.15) is 0 Å². The molecule has 2 aromatic heterocycles. The van der Waals surface area contributed by atoms with E-state index in [1.54, 1.807) is 6.20 Å². The Labute approximate surface area is 181 Å². The van der Waals surface area contributed by atoms with Gasteiger partial charge in [-0.05, 0) is 31.9 Å². The van der Waals surface area contributed by atoms with Gasteiger partial charge in [0.2, 0.25) is 0 Å². The lowest BCUT2D eigenvalue weighted by Gasteiger charge is -2.13. The number of pyridine rings is 1. The van der Waals surface area contributed by atoms with E-state index in [2.05, 4.69) is 10.4 Å². The minimum absolute atomic E-state index is 0.118. The number of nitrogens with one attached hydrogen (secondary N) is 1. The Bertz CT molecular complexity index is 1170. The summed E-state index contributed by atoms with van der Waals surface area (Å²) in [4.78, 5) is 17.9. The van der Waals surface area contributed by atoms with Gasteiger partial charge in [0.05, 0.1) is 28.9 Å². The van der Waals surface area contributed by atoms with Gasteiger partial charge in [-0.3, -0.25) is 4.79 Å². The van der Waals surface area contributed by atoms with Gasteiger partial charge < -0.3 is 10.4 Å². The molecular formula is C25H26N4O2. The highest BCUT2D eigenvalue weighted by Crippen LogP contribution is 2.26. The minimum atomic E-state index is -0.623. The van der Waals surface area contributed by atoms with Gasteiger partial charge in [-0.1, -0.05) is 60.7 Å². The highest BCUT2D eigenvalue weighted by Gasteiger charge is 2.18. The van der Waals surface area contributed by atoms with Crippen LogP contribution in [0.4, 0.5) is 0 Å². The first-order valence-corrected chi connectivity index (χ1v) is 10.5. The van der Waals surface area contributed by atoms with E-state index in [9.17, 15) is 9.90 Å². The Balaban J connectivity index is 1.60. The van der Waals surface area contributed by atoms with E-state index >= 15 is 0 Å². The van der Waals surface area contributed by atoms with Gasteiger partial charge in [-0.25, -0.2) is 9.67 Å². The highest BCUT2D eigenvalue weighted by molar-refractivity contribution is 6.06. The molecule has 0 saturated carbocycles. The van der Waals surface area contributed by atoms with Crippen LogP contribution in [0, 0.1) is 0 Å². The van der Waals surface area contributed by atoms with Crippen LogP contribution in [-0.4, -0.2) is 32.3 Å². The summed E-state index contributed by atoms with van der Waals surface area (Å²) >= 11 is 0. The molecule has 4 aromatic rings. The zero-order chi connectivity index (χ0) is 21.8. The van der Waals surface area contributed by atoms with Crippen LogP contribution in [0.25, 0.3) is 22.3 Å². The van der Waals surface area contributed by atoms with Gasteiger partial charge in [-0.15, -0.1) is 0 Å². The predicted octanol–water partition coefficient (Wildman–Crippen LogP) is 4.53. The molecule has 1 amide bonds. The van der Waals surface area contributed by atoms with Crippen molar-refractivity contribution in [3.63, 3.8) is 0 Å². The van der Waals surface area contributed by atoms with Crippen molar-refractivity contribution in [3.05, 3.63) is 84.1 Å². The number of carbonyl (C=O) groups excluding carboxylic acids is 1. The lowest BCUT2D eigenvalue weighted by atomic mass is 10.1. The number of hydrogen-bond donors (Lipinski definition) is 2. The van der Waals surface area contributed by atoms with Crippen LogP contribution >= 0.6 is 0 Å². The largest absolute Gasteiger partial charge is 0.388 e. The maximum atomic E-state index is 13.1. The summed E-state index contributed by atoms with van der Waals surface area (Å²) in [5.41, 5.74) is 3.72. The number of aromatic nitrogens is 3. The number of aliphatic hydroxyl groups excluding tert-OH is 1. The third kappa shape index (κ3) is 4.49. The lowest BCUT2D eigenvalue weighted by molar-refractivity contribution is 0.0944. The number of hydrogen-bond acceptors (Lipinski definition) is 4. The van der Waals surface area contributed by atoms with Crippen LogP contribution < -0.4 is 5.32 Å². The molecule has 2 aromatic carbocycles. The zero-order valence-electron chi connectivity index (χ0n) is 17.7. The van der Waals surface area contributed by atoms with E-state index in [-0.39, 0.29) is 11.9 Å². The Kier molecular flexibility index (Phi) is 6.09. The monoisotopic (exact) mass is 414 g/mol. The van der Waals surface area contributed by atoms with E-state index in [0.717, 1.165) is 22.2 Å². The summed E-state index contributed by atoms with van der Waals surface area (Å²) < 4.78 is 1.83. The Morgan fingerprint density at radius 2 is 1.74 bits per heavy atom. The fraction of sp³-hybridized carbons (Fsp3) is 0.240. The molecular weight excluding hydrogens is 388 g/mol. The average Bonchev–Trinajstić information content (AvgIpc) is 3.24. The van der Waals surface area contributed by atoms with Crippen molar-refractivity contribution in [1.29, 1.82) is 0 Å². The molecule has 158 valence electrons. The molecule has 0 spiro atoms. The van der Waals surface area contributed by atoms with Crippen LogP contribution in [0.1, 0.15) is 48.3 Å². The first kappa shape index (κ1) is 20.8. The van der Waals surface area contributed by atoms with Crippen molar-refractivity contribution in [2.45, 2.75) is 32.4 Å². The first-order valence-electron chi connectivity index (χ1n) is 10.5. The van der Waals surface area contributed by atoms with Crippen molar-refractivity contribution in [3.8, 4) is 11.3 Å². The highest BCUT2D eigenvalue weighted by atomic mass is 16.3. The van der Waals surface area contributed by atoms with Crippen LogP contribution in [0.5, 0.6) is 0 Å². The third-order valence-corrected chi connectivity index (χ3v) is 5.26. The molecule has 0 radical (unpaired) electrons.